The van der Waals surface area contributed by atoms with Gasteiger partial charge in [0.15, 0.2) is 0 Å². The minimum atomic E-state index is -0.173. The van der Waals surface area contributed by atoms with Gasteiger partial charge in [-0.15, -0.1) is 0 Å². The Kier molecular flexibility index (Phi) is 2.80. The molecular weight excluding hydrogens is 226 g/mol. The summed E-state index contributed by atoms with van der Waals surface area (Å²) in [5, 5.41) is 1.07. The molecule has 0 bridgehead atoms. The van der Waals surface area contributed by atoms with Crippen molar-refractivity contribution in [3.8, 4) is 0 Å². The molecule has 4 heteroatoms. The first-order valence-corrected chi connectivity index (χ1v) is 5.73. The van der Waals surface area contributed by atoms with Gasteiger partial charge in [-0.2, -0.15) is 0 Å². The van der Waals surface area contributed by atoms with Gasteiger partial charge in [0.25, 0.3) is 0 Å². The minimum absolute atomic E-state index is 0.173. The van der Waals surface area contributed by atoms with Crippen molar-refractivity contribution in [1.29, 1.82) is 0 Å². The molecule has 0 aliphatic carbocycles. The van der Waals surface area contributed by atoms with Crippen LogP contribution in [-0.4, -0.2) is 4.98 Å². The van der Waals surface area contributed by atoms with E-state index in [0.29, 0.717) is 0 Å². The van der Waals surface area contributed by atoms with Crippen LogP contribution in [0.3, 0.4) is 0 Å². The molecule has 90 valence electrons. The highest BCUT2D eigenvalue weighted by molar-refractivity contribution is 5.82. The molecule has 0 spiro atoms. The van der Waals surface area contributed by atoms with E-state index in [2.05, 4.69) is 10.4 Å². The average molecular weight is 239 g/mol. The van der Waals surface area contributed by atoms with Crippen molar-refractivity contribution in [2.45, 2.75) is 6.04 Å². The summed E-state index contributed by atoms with van der Waals surface area (Å²) >= 11 is 0. The second kappa shape index (κ2) is 4.60. The molecule has 1 atom stereocenters. The van der Waals surface area contributed by atoms with E-state index in [9.17, 15) is 0 Å². The summed E-state index contributed by atoms with van der Waals surface area (Å²) in [5.74, 6) is 6.44. The Labute approximate surface area is 104 Å². The van der Waals surface area contributed by atoms with Crippen molar-refractivity contribution in [2.24, 2.45) is 5.84 Å². The fourth-order valence-electron chi connectivity index (χ4n) is 2.16. The van der Waals surface area contributed by atoms with E-state index < -0.39 is 0 Å². The first-order chi connectivity index (χ1) is 8.90. The fourth-order valence-corrected chi connectivity index (χ4v) is 2.16. The lowest BCUT2D eigenvalue weighted by atomic mass is 10.00. The number of nitrogens with zero attached hydrogens (tertiary/aromatic N) is 1. The zero-order chi connectivity index (χ0) is 12.4. The van der Waals surface area contributed by atoms with Gasteiger partial charge < -0.3 is 4.42 Å². The number of rotatable bonds is 3. The summed E-state index contributed by atoms with van der Waals surface area (Å²) in [5.41, 5.74) is 4.79. The van der Waals surface area contributed by atoms with Crippen LogP contribution in [0, 0.1) is 0 Å². The molecule has 2 aromatic heterocycles. The Morgan fingerprint density at radius 2 is 2.06 bits per heavy atom. The first kappa shape index (κ1) is 11.0. The van der Waals surface area contributed by atoms with Gasteiger partial charge in [-0.25, -0.2) is 5.43 Å². The third kappa shape index (κ3) is 1.77. The molecule has 0 amide bonds. The first-order valence-electron chi connectivity index (χ1n) is 5.73. The number of fused-ring (bicyclic) bond motifs is 1. The number of aromatic nitrogens is 1. The Bertz CT molecular complexity index is 644. The normalized spacial score (nSPS) is 12.7. The largest absolute Gasteiger partial charge is 0.467 e. The monoisotopic (exact) mass is 239 g/mol. The van der Waals surface area contributed by atoms with Gasteiger partial charge in [0.05, 0.1) is 11.8 Å². The molecule has 2 heterocycles. The highest BCUT2D eigenvalue weighted by Crippen LogP contribution is 2.27. The summed E-state index contributed by atoms with van der Waals surface area (Å²) in [4.78, 5) is 4.34. The highest BCUT2D eigenvalue weighted by Gasteiger charge is 2.17. The van der Waals surface area contributed by atoms with Crippen LogP contribution in [0.15, 0.2) is 59.3 Å². The number of furan rings is 1. The molecule has 18 heavy (non-hydrogen) atoms. The van der Waals surface area contributed by atoms with Gasteiger partial charge in [-0.3, -0.25) is 10.8 Å². The third-order valence-corrected chi connectivity index (χ3v) is 2.98. The van der Waals surface area contributed by atoms with Crippen molar-refractivity contribution < 1.29 is 4.42 Å². The van der Waals surface area contributed by atoms with E-state index in [1.165, 1.54) is 0 Å². The quantitative estimate of drug-likeness (QED) is 0.544. The molecular formula is C14H13N3O. The Morgan fingerprint density at radius 3 is 2.83 bits per heavy atom. The van der Waals surface area contributed by atoms with Crippen molar-refractivity contribution in [2.75, 3.05) is 0 Å². The number of hydrazine groups is 1. The van der Waals surface area contributed by atoms with E-state index in [-0.39, 0.29) is 6.04 Å². The second-order valence-electron chi connectivity index (χ2n) is 4.03. The van der Waals surface area contributed by atoms with Gasteiger partial charge in [-0.1, -0.05) is 18.2 Å². The van der Waals surface area contributed by atoms with Crippen LogP contribution in [0.5, 0.6) is 0 Å². The summed E-state index contributed by atoms with van der Waals surface area (Å²) in [6.07, 6.45) is 3.42. The van der Waals surface area contributed by atoms with Crippen molar-refractivity contribution in [3.05, 3.63) is 66.2 Å². The molecule has 3 rings (SSSR count). The fraction of sp³-hybridized carbons (Fsp3) is 0.0714. The summed E-state index contributed by atoms with van der Waals surface area (Å²) in [6.45, 7) is 0. The third-order valence-electron chi connectivity index (χ3n) is 2.98. The Hall–Kier alpha value is -2.17. The van der Waals surface area contributed by atoms with Crippen LogP contribution in [0.25, 0.3) is 10.9 Å². The van der Waals surface area contributed by atoms with Gasteiger partial charge in [-0.05, 0) is 29.8 Å². The lowest BCUT2D eigenvalue weighted by Crippen LogP contribution is -2.28. The molecule has 3 N–H and O–H groups in total. The standard InChI is InChI=1S/C14H13N3O/c15-17-14(13-7-3-9-18-13)11-4-1-6-12-10(11)5-2-8-16-12/h1-9,14,17H,15H2. The maximum Gasteiger partial charge on any atom is 0.126 e. The zero-order valence-corrected chi connectivity index (χ0v) is 9.71. The molecule has 0 radical (unpaired) electrons. The van der Waals surface area contributed by atoms with E-state index in [4.69, 9.17) is 10.3 Å². The average Bonchev–Trinajstić information content (AvgIpc) is 2.94. The summed E-state index contributed by atoms with van der Waals surface area (Å²) in [6, 6.07) is 13.5. The number of nitrogens with two attached hydrogens (primary N) is 1. The van der Waals surface area contributed by atoms with E-state index in [1.54, 1.807) is 12.5 Å². The SMILES string of the molecule is NNC(c1ccco1)c1cccc2ncccc12. The number of nitrogens with one attached hydrogen (secondary N) is 1. The highest BCUT2D eigenvalue weighted by atomic mass is 16.3. The summed E-state index contributed by atoms with van der Waals surface area (Å²) in [7, 11) is 0. The summed E-state index contributed by atoms with van der Waals surface area (Å²) < 4.78 is 5.43. The van der Waals surface area contributed by atoms with Crippen LogP contribution in [0.4, 0.5) is 0 Å². The van der Waals surface area contributed by atoms with Crippen LogP contribution < -0.4 is 11.3 Å². The smallest absolute Gasteiger partial charge is 0.126 e. The second-order valence-corrected chi connectivity index (χ2v) is 4.03. The van der Waals surface area contributed by atoms with Crippen LogP contribution >= 0.6 is 0 Å². The molecule has 0 aliphatic rings. The predicted molar refractivity (Wildman–Crippen MR) is 69.6 cm³/mol. The van der Waals surface area contributed by atoms with E-state index in [1.807, 2.05) is 42.5 Å². The molecule has 3 aromatic rings. The molecule has 0 saturated heterocycles. The maximum absolute atomic E-state index is 5.66. The van der Waals surface area contributed by atoms with E-state index >= 15 is 0 Å². The molecule has 0 aliphatic heterocycles. The van der Waals surface area contributed by atoms with Gasteiger partial charge in [0, 0.05) is 11.6 Å². The minimum Gasteiger partial charge on any atom is -0.467 e. The van der Waals surface area contributed by atoms with E-state index in [0.717, 1.165) is 22.2 Å². The van der Waals surface area contributed by atoms with Crippen LogP contribution in [-0.2, 0) is 0 Å². The van der Waals surface area contributed by atoms with Crippen LogP contribution in [0.2, 0.25) is 0 Å². The zero-order valence-electron chi connectivity index (χ0n) is 9.71. The Morgan fingerprint density at radius 1 is 1.11 bits per heavy atom. The predicted octanol–water partition coefficient (Wildman–Crippen LogP) is 2.38. The molecule has 1 unspecified atom stereocenters. The van der Waals surface area contributed by atoms with Crippen molar-refractivity contribution in [1.82, 2.24) is 10.4 Å². The van der Waals surface area contributed by atoms with Gasteiger partial charge in [0.1, 0.15) is 11.8 Å². The van der Waals surface area contributed by atoms with Crippen LogP contribution in [0.1, 0.15) is 17.4 Å². The van der Waals surface area contributed by atoms with Crippen molar-refractivity contribution >= 4 is 10.9 Å². The molecule has 0 fully saturated rings. The molecule has 1 aromatic carbocycles. The number of pyridine rings is 1. The number of hydrogen-bond donors (Lipinski definition) is 2. The van der Waals surface area contributed by atoms with Gasteiger partial charge in [0.2, 0.25) is 0 Å². The van der Waals surface area contributed by atoms with Crippen molar-refractivity contribution in [3.63, 3.8) is 0 Å². The topological polar surface area (TPSA) is 64.1 Å². The maximum atomic E-state index is 5.66. The van der Waals surface area contributed by atoms with Gasteiger partial charge >= 0.3 is 0 Å². The lowest BCUT2D eigenvalue weighted by Gasteiger charge is -2.15. The number of hydrogen-bond acceptors (Lipinski definition) is 4. The molecule has 0 saturated carbocycles. The lowest BCUT2D eigenvalue weighted by molar-refractivity contribution is 0.453. The Balaban J connectivity index is 2.18. The number of benzene rings is 1. The molecule has 4 nitrogen and oxygen atoms in total.